The minimum Gasteiger partial charge on any atom is -0.237 e. The molecule has 124 valence electrons. The molecule has 0 bridgehead atoms. The molecular weight excluding hydrogens is 322 g/mol. The van der Waals surface area contributed by atoms with Gasteiger partial charge < -0.3 is 0 Å². The fraction of sp³-hybridized carbons (Fsp3) is 0.174. The smallest absolute Gasteiger partial charge is 0.124 e. The molecule has 0 amide bonds. The SMILES string of the molecule is Cc1cc(C)cc(-c2ccc3cc(-c4c(C)cccc4C)sc3n2)c1. The van der Waals surface area contributed by atoms with Gasteiger partial charge in [0.05, 0.1) is 5.69 Å². The summed E-state index contributed by atoms with van der Waals surface area (Å²) in [5, 5.41) is 1.22. The number of rotatable bonds is 2. The quantitative estimate of drug-likeness (QED) is 0.387. The van der Waals surface area contributed by atoms with Crippen LogP contribution < -0.4 is 0 Å². The third-order valence-electron chi connectivity index (χ3n) is 4.63. The van der Waals surface area contributed by atoms with Gasteiger partial charge in [-0.05, 0) is 74.7 Å². The highest BCUT2D eigenvalue weighted by molar-refractivity contribution is 7.21. The van der Waals surface area contributed by atoms with Crippen LogP contribution in [-0.2, 0) is 0 Å². The van der Waals surface area contributed by atoms with Crippen molar-refractivity contribution in [1.82, 2.24) is 4.98 Å². The van der Waals surface area contributed by atoms with Crippen LogP contribution in [0.25, 0.3) is 31.9 Å². The monoisotopic (exact) mass is 343 g/mol. The molecule has 0 aliphatic carbocycles. The molecule has 0 N–H and O–H groups in total. The molecular formula is C23H21NS. The highest BCUT2D eigenvalue weighted by Gasteiger charge is 2.11. The van der Waals surface area contributed by atoms with E-state index in [0.717, 1.165) is 10.5 Å². The van der Waals surface area contributed by atoms with Crippen LogP contribution in [0, 0.1) is 27.7 Å². The number of hydrogen-bond donors (Lipinski definition) is 0. The van der Waals surface area contributed by atoms with Crippen molar-refractivity contribution in [3.05, 3.63) is 76.9 Å². The van der Waals surface area contributed by atoms with Gasteiger partial charge in [-0.25, -0.2) is 4.98 Å². The molecule has 0 unspecified atom stereocenters. The van der Waals surface area contributed by atoms with E-state index in [1.54, 1.807) is 11.3 Å². The zero-order valence-corrected chi connectivity index (χ0v) is 15.9. The molecule has 4 aromatic rings. The molecule has 0 spiro atoms. The largest absolute Gasteiger partial charge is 0.237 e. The van der Waals surface area contributed by atoms with E-state index in [1.165, 1.54) is 43.6 Å². The van der Waals surface area contributed by atoms with Crippen molar-refractivity contribution < 1.29 is 0 Å². The Bertz CT molecular complexity index is 1050. The highest BCUT2D eigenvalue weighted by Crippen LogP contribution is 2.37. The van der Waals surface area contributed by atoms with Crippen molar-refractivity contribution in [2.45, 2.75) is 27.7 Å². The zero-order chi connectivity index (χ0) is 17.6. The van der Waals surface area contributed by atoms with E-state index in [4.69, 9.17) is 4.98 Å². The average Bonchev–Trinajstić information content (AvgIpc) is 2.96. The molecule has 2 aromatic heterocycles. The van der Waals surface area contributed by atoms with Gasteiger partial charge >= 0.3 is 0 Å². The Hall–Kier alpha value is -2.45. The fourth-order valence-electron chi connectivity index (χ4n) is 3.53. The molecule has 2 heterocycles. The van der Waals surface area contributed by atoms with Gasteiger partial charge in [-0.1, -0.05) is 35.4 Å². The number of aryl methyl sites for hydroxylation is 4. The summed E-state index contributed by atoms with van der Waals surface area (Å²) in [6, 6.07) is 19.7. The number of aromatic nitrogens is 1. The number of benzene rings is 2. The first-order valence-corrected chi connectivity index (χ1v) is 9.39. The Labute approximate surface area is 153 Å². The maximum atomic E-state index is 4.95. The maximum Gasteiger partial charge on any atom is 0.124 e. The van der Waals surface area contributed by atoms with Crippen molar-refractivity contribution in [3.63, 3.8) is 0 Å². The van der Waals surface area contributed by atoms with Crippen LogP contribution >= 0.6 is 11.3 Å². The Kier molecular flexibility index (Phi) is 3.93. The van der Waals surface area contributed by atoms with E-state index in [2.05, 4.69) is 82.3 Å². The third-order valence-corrected chi connectivity index (χ3v) is 5.69. The number of thiophene rings is 1. The van der Waals surface area contributed by atoms with Crippen molar-refractivity contribution in [1.29, 1.82) is 0 Å². The molecule has 0 saturated carbocycles. The van der Waals surface area contributed by atoms with E-state index in [1.807, 2.05) is 0 Å². The van der Waals surface area contributed by atoms with Gasteiger partial charge in [0.2, 0.25) is 0 Å². The Morgan fingerprint density at radius 1 is 0.760 bits per heavy atom. The Morgan fingerprint density at radius 3 is 2.12 bits per heavy atom. The lowest BCUT2D eigenvalue weighted by Gasteiger charge is -2.06. The lowest BCUT2D eigenvalue weighted by atomic mass is 10.0. The summed E-state index contributed by atoms with van der Waals surface area (Å²) in [5.41, 5.74) is 8.79. The average molecular weight is 343 g/mol. The minimum absolute atomic E-state index is 1.05. The van der Waals surface area contributed by atoms with Gasteiger partial charge in [0.1, 0.15) is 4.83 Å². The summed E-state index contributed by atoms with van der Waals surface area (Å²) >= 11 is 1.78. The number of nitrogens with zero attached hydrogens (tertiary/aromatic N) is 1. The van der Waals surface area contributed by atoms with Crippen molar-refractivity contribution >= 4 is 21.6 Å². The summed E-state index contributed by atoms with van der Waals surface area (Å²) in [6.07, 6.45) is 0. The van der Waals surface area contributed by atoms with Crippen LogP contribution in [0.5, 0.6) is 0 Å². The molecule has 2 aromatic carbocycles. The number of hydrogen-bond acceptors (Lipinski definition) is 2. The van der Waals surface area contributed by atoms with Crippen LogP contribution in [-0.4, -0.2) is 4.98 Å². The summed E-state index contributed by atoms with van der Waals surface area (Å²) in [7, 11) is 0. The second-order valence-corrected chi connectivity index (χ2v) is 7.88. The third kappa shape index (κ3) is 2.98. The number of pyridine rings is 1. The second kappa shape index (κ2) is 6.12. The first-order valence-electron chi connectivity index (χ1n) is 8.57. The normalized spacial score (nSPS) is 11.2. The number of fused-ring (bicyclic) bond motifs is 1. The summed E-state index contributed by atoms with van der Waals surface area (Å²) in [6.45, 7) is 8.64. The minimum atomic E-state index is 1.05. The van der Waals surface area contributed by atoms with E-state index >= 15 is 0 Å². The molecule has 0 radical (unpaired) electrons. The molecule has 0 aliphatic heterocycles. The van der Waals surface area contributed by atoms with Crippen LogP contribution in [0.4, 0.5) is 0 Å². The van der Waals surface area contributed by atoms with Crippen LogP contribution in [0.2, 0.25) is 0 Å². The summed E-state index contributed by atoms with van der Waals surface area (Å²) in [4.78, 5) is 7.36. The van der Waals surface area contributed by atoms with Crippen LogP contribution in [0.3, 0.4) is 0 Å². The fourth-order valence-corrected chi connectivity index (χ4v) is 4.73. The predicted molar refractivity (Wildman–Crippen MR) is 109 cm³/mol. The van der Waals surface area contributed by atoms with E-state index in [9.17, 15) is 0 Å². The highest BCUT2D eigenvalue weighted by atomic mass is 32.1. The van der Waals surface area contributed by atoms with Crippen LogP contribution in [0.15, 0.2) is 54.6 Å². The van der Waals surface area contributed by atoms with Gasteiger partial charge in [-0.3, -0.25) is 0 Å². The molecule has 25 heavy (non-hydrogen) atoms. The lowest BCUT2D eigenvalue weighted by Crippen LogP contribution is -1.85. The van der Waals surface area contributed by atoms with Gasteiger partial charge in [-0.15, -0.1) is 11.3 Å². The molecule has 1 nitrogen and oxygen atoms in total. The van der Waals surface area contributed by atoms with Gasteiger partial charge in [-0.2, -0.15) is 0 Å². The standard InChI is InChI=1S/C23H21NS/c1-14-10-15(2)12-19(11-14)20-9-8-18-13-21(25-23(18)24-20)22-16(3)6-5-7-17(22)4/h5-13H,1-4H3. The van der Waals surface area contributed by atoms with Crippen molar-refractivity contribution in [2.24, 2.45) is 0 Å². The van der Waals surface area contributed by atoms with Crippen molar-refractivity contribution in [3.8, 4) is 21.7 Å². The van der Waals surface area contributed by atoms with E-state index in [-0.39, 0.29) is 0 Å². The van der Waals surface area contributed by atoms with E-state index < -0.39 is 0 Å². The van der Waals surface area contributed by atoms with Gasteiger partial charge in [0.15, 0.2) is 0 Å². The first kappa shape index (κ1) is 16.0. The van der Waals surface area contributed by atoms with Crippen LogP contribution in [0.1, 0.15) is 22.3 Å². The molecule has 0 atom stereocenters. The molecule has 0 fully saturated rings. The lowest BCUT2D eigenvalue weighted by molar-refractivity contribution is 1.35. The van der Waals surface area contributed by atoms with Gasteiger partial charge in [0, 0.05) is 15.8 Å². The first-order chi connectivity index (χ1) is 12.0. The van der Waals surface area contributed by atoms with Crippen molar-refractivity contribution in [2.75, 3.05) is 0 Å². The molecule has 0 aliphatic rings. The van der Waals surface area contributed by atoms with Gasteiger partial charge in [0.25, 0.3) is 0 Å². The molecule has 4 rings (SSSR count). The summed E-state index contributed by atoms with van der Waals surface area (Å²) < 4.78 is 0. The zero-order valence-electron chi connectivity index (χ0n) is 15.1. The molecule has 0 saturated heterocycles. The maximum absolute atomic E-state index is 4.95. The Balaban J connectivity index is 1.85. The summed E-state index contributed by atoms with van der Waals surface area (Å²) in [5.74, 6) is 0. The Morgan fingerprint density at radius 2 is 1.44 bits per heavy atom. The van der Waals surface area contributed by atoms with E-state index in [0.29, 0.717) is 0 Å². The predicted octanol–water partition coefficient (Wildman–Crippen LogP) is 6.86. The second-order valence-electron chi connectivity index (χ2n) is 6.84. The topological polar surface area (TPSA) is 12.9 Å². The molecule has 2 heteroatoms.